The van der Waals surface area contributed by atoms with Crippen LogP contribution >= 0.6 is 27.7 Å². The van der Waals surface area contributed by atoms with Gasteiger partial charge in [-0.3, -0.25) is 14.7 Å². The minimum absolute atomic E-state index is 0.0434. The first-order valence-electron chi connectivity index (χ1n) is 12.3. The summed E-state index contributed by atoms with van der Waals surface area (Å²) in [5.74, 6) is 0.736. The monoisotopic (exact) mass is 563 g/mol. The van der Waals surface area contributed by atoms with Crippen LogP contribution in [0.5, 0.6) is 5.75 Å². The fourth-order valence-corrected chi connectivity index (χ4v) is 6.38. The van der Waals surface area contributed by atoms with Crippen LogP contribution in [0.15, 0.2) is 80.1 Å². The second-order valence-electron chi connectivity index (χ2n) is 9.70. The third kappa shape index (κ3) is 4.97. The summed E-state index contributed by atoms with van der Waals surface area (Å²) in [4.78, 5) is 22.6. The Hall–Kier alpha value is -2.61. The Kier molecular flexibility index (Phi) is 7.24. The summed E-state index contributed by atoms with van der Waals surface area (Å²) in [6, 6.07) is 15.1. The van der Waals surface area contributed by atoms with Crippen molar-refractivity contribution in [2.45, 2.75) is 56.0 Å². The van der Waals surface area contributed by atoms with Gasteiger partial charge in [-0.2, -0.15) is 0 Å². The molecule has 0 fully saturated rings. The molecule has 1 aliphatic heterocycles. The maximum atomic E-state index is 13.8. The number of ether oxygens (including phenoxy) is 1. The van der Waals surface area contributed by atoms with Crippen molar-refractivity contribution in [2.24, 2.45) is 0 Å². The van der Waals surface area contributed by atoms with E-state index >= 15 is 0 Å². The molecule has 1 aliphatic rings. The zero-order chi connectivity index (χ0) is 25.4. The van der Waals surface area contributed by atoms with Crippen LogP contribution in [0.25, 0.3) is 16.6 Å². The van der Waals surface area contributed by atoms with E-state index < -0.39 is 0 Å². The van der Waals surface area contributed by atoms with Crippen LogP contribution in [-0.2, 0) is 6.42 Å². The van der Waals surface area contributed by atoms with Crippen LogP contribution in [0.2, 0.25) is 0 Å². The Balaban J connectivity index is 1.59. The standard InChI is InChI=1S/C29H30BrN3O2S/c1-18(2)32(19(3)4)10-11-35-23-14-24-28-27(15-23)36-26-8-7-22(30)13-25(26)33(28)17-21(29(24)34)12-20-6-5-9-31-16-20/h5-9,13-19H,10-12H2,1-4H3. The van der Waals surface area contributed by atoms with Gasteiger partial charge in [0.25, 0.3) is 0 Å². The highest BCUT2D eigenvalue weighted by Gasteiger charge is 2.23. The summed E-state index contributed by atoms with van der Waals surface area (Å²) >= 11 is 5.31. The molecule has 0 N–H and O–H groups in total. The van der Waals surface area contributed by atoms with Crippen LogP contribution < -0.4 is 10.2 Å². The van der Waals surface area contributed by atoms with Gasteiger partial charge in [-0.15, -0.1) is 0 Å². The van der Waals surface area contributed by atoms with Crippen molar-refractivity contribution in [1.82, 2.24) is 14.5 Å². The molecule has 5 nitrogen and oxygen atoms in total. The molecule has 7 heteroatoms. The van der Waals surface area contributed by atoms with Gasteiger partial charge in [0.15, 0.2) is 5.43 Å². The zero-order valence-electron chi connectivity index (χ0n) is 21.0. The van der Waals surface area contributed by atoms with Gasteiger partial charge >= 0.3 is 0 Å². The molecule has 0 amide bonds. The van der Waals surface area contributed by atoms with Crippen LogP contribution in [0.4, 0.5) is 0 Å². The van der Waals surface area contributed by atoms with E-state index in [1.807, 2.05) is 30.6 Å². The predicted molar refractivity (Wildman–Crippen MR) is 151 cm³/mol. The van der Waals surface area contributed by atoms with Crippen molar-refractivity contribution in [3.05, 3.63) is 86.9 Å². The van der Waals surface area contributed by atoms with Crippen molar-refractivity contribution >= 4 is 38.6 Å². The van der Waals surface area contributed by atoms with Gasteiger partial charge in [-0.1, -0.05) is 33.8 Å². The van der Waals surface area contributed by atoms with Crippen molar-refractivity contribution in [3.63, 3.8) is 0 Å². The van der Waals surface area contributed by atoms with Gasteiger partial charge in [0.05, 0.1) is 16.6 Å². The number of pyridine rings is 2. The van der Waals surface area contributed by atoms with Crippen LogP contribution in [0, 0.1) is 0 Å². The van der Waals surface area contributed by atoms with Crippen molar-refractivity contribution < 1.29 is 4.74 Å². The topological polar surface area (TPSA) is 47.4 Å². The molecule has 5 rings (SSSR count). The number of halogens is 1. The lowest BCUT2D eigenvalue weighted by atomic mass is 10.0. The summed E-state index contributed by atoms with van der Waals surface area (Å²) in [5, 5.41) is 0.687. The van der Waals surface area contributed by atoms with Crippen molar-refractivity contribution in [3.8, 4) is 11.4 Å². The molecule has 0 atom stereocenters. The molecule has 0 aliphatic carbocycles. The SMILES string of the molecule is CC(C)N(CCOc1cc2c3c(c1)c(=O)c(Cc1cccnc1)cn3-c1cc(Br)ccc1S2)C(C)C. The van der Waals surface area contributed by atoms with E-state index in [0.717, 1.165) is 48.9 Å². The second kappa shape index (κ2) is 10.4. The van der Waals surface area contributed by atoms with Gasteiger partial charge in [-0.25, -0.2) is 0 Å². The normalized spacial score (nSPS) is 12.6. The summed E-state index contributed by atoms with van der Waals surface area (Å²) in [5.41, 5.74) is 3.79. The summed E-state index contributed by atoms with van der Waals surface area (Å²) in [6.07, 6.45) is 6.09. The maximum Gasteiger partial charge on any atom is 0.193 e. The first kappa shape index (κ1) is 25.1. The quantitative estimate of drug-likeness (QED) is 0.210. The van der Waals surface area contributed by atoms with E-state index in [1.54, 1.807) is 18.0 Å². The predicted octanol–water partition coefficient (Wildman–Crippen LogP) is 6.70. The van der Waals surface area contributed by atoms with E-state index in [-0.39, 0.29) is 5.43 Å². The van der Waals surface area contributed by atoms with E-state index in [0.29, 0.717) is 30.5 Å². The van der Waals surface area contributed by atoms with E-state index in [9.17, 15) is 4.79 Å². The van der Waals surface area contributed by atoms with E-state index in [2.05, 4.69) is 82.3 Å². The summed E-state index contributed by atoms with van der Waals surface area (Å²) < 4.78 is 9.42. The van der Waals surface area contributed by atoms with E-state index in [4.69, 9.17) is 4.74 Å². The Morgan fingerprint density at radius 1 is 1.08 bits per heavy atom. The fourth-order valence-electron chi connectivity index (χ4n) is 4.92. The number of fused-ring (bicyclic) bond motifs is 2. The molecule has 0 radical (unpaired) electrons. The number of nitrogens with zero attached hydrogens (tertiary/aromatic N) is 3. The molecule has 3 heterocycles. The molecule has 4 aromatic rings. The van der Waals surface area contributed by atoms with Crippen LogP contribution in [-0.4, -0.2) is 39.7 Å². The highest BCUT2D eigenvalue weighted by atomic mass is 79.9. The highest BCUT2D eigenvalue weighted by Crippen LogP contribution is 2.44. The number of rotatable bonds is 8. The second-order valence-corrected chi connectivity index (χ2v) is 11.7. The molecule has 2 aromatic carbocycles. The molecule has 0 unspecified atom stereocenters. The molecule has 2 aromatic heterocycles. The number of hydrogen-bond acceptors (Lipinski definition) is 5. The van der Waals surface area contributed by atoms with Crippen LogP contribution in [0.1, 0.15) is 38.8 Å². The third-order valence-electron chi connectivity index (χ3n) is 6.57. The van der Waals surface area contributed by atoms with Crippen LogP contribution in [0.3, 0.4) is 0 Å². The molecule has 0 bridgehead atoms. The lowest BCUT2D eigenvalue weighted by Crippen LogP contribution is -2.39. The summed E-state index contributed by atoms with van der Waals surface area (Å²) in [6.45, 7) is 10.2. The number of benzene rings is 2. The zero-order valence-corrected chi connectivity index (χ0v) is 23.4. The maximum absolute atomic E-state index is 13.8. The molecule has 0 saturated heterocycles. The molecular formula is C29H30BrN3O2S. The minimum atomic E-state index is 0.0434. The average molecular weight is 565 g/mol. The lowest BCUT2D eigenvalue weighted by molar-refractivity contribution is 0.142. The first-order valence-corrected chi connectivity index (χ1v) is 13.9. The Morgan fingerprint density at radius 2 is 1.89 bits per heavy atom. The third-order valence-corrected chi connectivity index (χ3v) is 8.16. The molecule has 186 valence electrons. The van der Waals surface area contributed by atoms with Gasteiger partial charge in [0.1, 0.15) is 12.4 Å². The van der Waals surface area contributed by atoms with Gasteiger partial charge in [-0.05, 0) is 69.7 Å². The largest absolute Gasteiger partial charge is 0.492 e. The van der Waals surface area contributed by atoms with Gasteiger partial charge < -0.3 is 9.30 Å². The Labute approximate surface area is 224 Å². The lowest BCUT2D eigenvalue weighted by Gasteiger charge is -2.30. The summed E-state index contributed by atoms with van der Waals surface area (Å²) in [7, 11) is 0. The number of aromatic nitrogens is 2. The van der Waals surface area contributed by atoms with Gasteiger partial charge in [0, 0.05) is 63.5 Å². The Morgan fingerprint density at radius 3 is 2.61 bits per heavy atom. The molecule has 36 heavy (non-hydrogen) atoms. The van der Waals surface area contributed by atoms with Crippen molar-refractivity contribution in [1.29, 1.82) is 0 Å². The minimum Gasteiger partial charge on any atom is -0.492 e. The number of hydrogen-bond donors (Lipinski definition) is 0. The molecular weight excluding hydrogens is 534 g/mol. The average Bonchev–Trinajstić information content (AvgIpc) is 2.85. The first-order chi connectivity index (χ1) is 17.3. The Bertz CT molecular complexity index is 1460. The molecule has 0 spiro atoms. The van der Waals surface area contributed by atoms with Gasteiger partial charge in [0.2, 0.25) is 0 Å². The molecule has 0 saturated carbocycles. The van der Waals surface area contributed by atoms with E-state index in [1.165, 1.54) is 0 Å². The fraction of sp³-hybridized carbons (Fsp3) is 0.310. The highest BCUT2D eigenvalue weighted by molar-refractivity contribution is 9.10. The smallest absolute Gasteiger partial charge is 0.193 e. The van der Waals surface area contributed by atoms with Crippen molar-refractivity contribution in [2.75, 3.05) is 13.2 Å².